The summed E-state index contributed by atoms with van der Waals surface area (Å²) in [7, 11) is 0. The third-order valence-electron chi connectivity index (χ3n) is 0.735. The molecule has 0 atom stereocenters. The van der Waals surface area contributed by atoms with Crippen molar-refractivity contribution in [2.45, 2.75) is 0 Å². The highest BCUT2D eigenvalue weighted by atomic mass is 16.2. The van der Waals surface area contributed by atoms with Crippen LogP contribution in [-0.2, 0) is 0 Å². The van der Waals surface area contributed by atoms with Crippen LogP contribution in [0.1, 0.15) is 0 Å². The zero-order valence-electron chi connectivity index (χ0n) is 5.55. The Balaban J connectivity index is 3.27. The number of carbonyl (C=O) groups excluding carboxylic acids is 1. The topological polar surface area (TPSA) is 64.9 Å². The molecular formula is C6H9N3O. The fourth-order valence-corrected chi connectivity index (χ4v) is 0.347. The van der Waals surface area contributed by atoms with Gasteiger partial charge in [0.1, 0.15) is 6.54 Å². The van der Waals surface area contributed by atoms with Gasteiger partial charge in [-0.3, -0.25) is 0 Å². The molecule has 0 aromatic heterocycles. The van der Waals surface area contributed by atoms with E-state index in [2.05, 4.69) is 17.2 Å². The molecule has 0 heterocycles. The number of rotatable bonds is 3. The van der Waals surface area contributed by atoms with Crippen molar-refractivity contribution in [3.63, 3.8) is 0 Å². The van der Waals surface area contributed by atoms with Crippen LogP contribution in [0, 0.1) is 11.3 Å². The van der Waals surface area contributed by atoms with E-state index in [-0.39, 0.29) is 12.6 Å². The predicted octanol–water partition coefficient (Wildman–Crippen LogP) is -0.00482. The van der Waals surface area contributed by atoms with Gasteiger partial charge in [-0.25, -0.2) is 4.79 Å². The van der Waals surface area contributed by atoms with Gasteiger partial charge in [0, 0.05) is 6.54 Å². The molecule has 0 aliphatic heterocycles. The van der Waals surface area contributed by atoms with Crippen LogP contribution in [0.15, 0.2) is 12.7 Å². The van der Waals surface area contributed by atoms with Gasteiger partial charge >= 0.3 is 6.03 Å². The van der Waals surface area contributed by atoms with Crippen molar-refractivity contribution in [1.82, 2.24) is 10.6 Å². The maximum atomic E-state index is 10.5. The zero-order chi connectivity index (χ0) is 7.82. The summed E-state index contributed by atoms with van der Waals surface area (Å²) in [5, 5.41) is 12.8. The second-order valence-corrected chi connectivity index (χ2v) is 1.51. The number of nitriles is 1. The van der Waals surface area contributed by atoms with E-state index in [4.69, 9.17) is 5.26 Å². The largest absolute Gasteiger partial charge is 0.335 e. The van der Waals surface area contributed by atoms with Crippen LogP contribution in [0.5, 0.6) is 0 Å². The molecule has 0 aromatic rings. The summed E-state index contributed by atoms with van der Waals surface area (Å²) in [4.78, 5) is 10.5. The van der Waals surface area contributed by atoms with E-state index in [0.29, 0.717) is 6.54 Å². The minimum Gasteiger partial charge on any atom is -0.335 e. The maximum absolute atomic E-state index is 10.5. The molecule has 0 radical (unpaired) electrons. The molecule has 4 heteroatoms. The Morgan fingerprint density at radius 3 is 2.90 bits per heavy atom. The van der Waals surface area contributed by atoms with Crippen molar-refractivity contribution in [2.24, 2.45) is 0 Å². The van der Waals surface area contributed by atoms with E-state index in [0.717, 1.165) is 0 Å². The van der Waals surface area contributed by atoms with E-state index >= 15 is 0 Å². The van der Waals surface area contributed by atoms with Gasteiger partial charge in [0.05, 0.1) is 6.07 Å². The standard InChI is InChI=1S/C6H9N3O/c1-2-4-8-6(10)9-5-3-7/h2H,1,4-5H2,(H2,8,9,10). The second kappa shape index (κ2) is 5.63. The van der Waals surface area contributed by atoms with Crippen molar-refractivity contribution in [2.75, 3.05) is 13.1 Å². The third kappa shape index (κ3) is 4.65. The average Bonchev–Trinajstić information content (AvgIpc) is 1.97. The highest BCUT2D eigenvalue weighted by Gasteiger charge is 1.92. The monoisotopic (exact) mass is 139 g/mol. The Bertz CT molecular complexity index is 159. The molecule has 0 aromatic carbocycles. The lowest BCUT2D eigenvalue weighted by atomic mass is 10.6. The molecule has 2 N–H and O–H groups in total. The summed E-state index contributed by atoms with van der Waals surface area (Å²) < 4.78 is 0. The first kappa shape index (κ1) is 8.50. The number of nitrogens with one attached hydrogen (secondary N) is 2. The van der Waals surface area contributed by atoms with Crippen LogP contribution in [-0.4, -0.2) is 19.1 Å². The summed E-state index contributed by atoms with van der Waals surface area (Å²) in [6, 6.07) is 1.43. The molecular weight excluding hydrogens is 130 g/mol. The normalized spacial score (nSPS) is 7.50. The summed E-state index contributed by atoms with van der Waals surface area (Å²) in [5.74, 6) is 0. The molecule has 0 fully saturated rings. The number of hydrogen-bond donors (Lipinski definition) is 2. The predicted molar refractivity (Wildman–Crippen MR) is 37.2 cm³/mol. The molecule has 4 nitrogen and oxygen atoms in total. The first-order valence-electron chi connectivity index (χ1n) is 2.80. The third-order valence-corrected chi connectivity index (χ3v) is 0.735. The molecule has 10 heavy (non-hydrogen) atoms. The van der Waals surface area contributed by atoms with Crippen molar-refractivity contribution >= 4 is 6.03 Å². The van der Waals surface area contributed by atoms with Gasteiger partial charge in [-0.05, 0) is 0 Å². The minimum absolute atomic E-state index is 0.0307. The van der Waals surface area contributed by atoms with E-state index in [1.54, 1.807) is 12.1 Å². The van der Waals surface area contributed by atoms with Crippen LogP contribution in [0.3, 0.4) is 0 Å². The molecule has 0 saturated carbocycles. The number of hydrogen-bond acceptors (Lipinski definition) is 2. The number of nitrogens with zero attached hydrogens (tertiary/aromatic N) is 1. The van der Waals surface area contributed by atoms with Gasteiger partial charge < -0.3 is 10.6 Å². The number of carbonyl (C=O) groups is 1. The summed E-state index contributed by atoms with van der Waals surface area (Å²) in [5.41, 5.74) is 0. The first-order chi connectivity index (χ1) is 4.81. The van der Waals surface area contributed by atoms with Crippen molar-refractivity contribution in [1.29, 1.82) is 5.26 Å². The summed E-state index contributed by atoms with van der Waals surface area (Å²) >= 11 is 0. The van der Waals surface area contributed by atoms with Crippen LogP contribution in [0.4, 0.5) is 4.79 Å². The van der Waals surface area contributed by atoms with Crippen molar-refractivity contribution < 1.29 is 4.79 Å². The Morgan fingerprint density at radius 2 is 2.40 bits per heavy atom. The Hall–Kier alpha value is -1.50. The highest BCUT2D eigenvalue weighted by Crippen LogP contribution is 1.63. The van der Waals surface area contributed by atoms with Gasteiger partial charge in [0.15, 0.2) is 0 Å². The molecule has 0 aliphatic rings. The lowest BCUT2D eigenvalue weighted by Crippen LogP contribution is -2.35. The van der Waals surface area contributed by atoms with E-state index in [9.17, 15) is 4.79 Å². The number of urea groups is 1. The molecule has 54 valence electrons. The number of amides is 2. The van der Waals surface area contributed by atoms with Gasteiger partial charge in [0.25, 0.3) is 0 Å². The lowest BCUT2D eigenvalue weighted by molar-refractivity contribution is 0.243. The Labute approximate surface area is 59.5 Å². The quantitative estimate of drug-likeness (QED) is 0.427. The maximum Gasteiger partial charge on any atom is 0.315 e. The smallest absolute Gasteiger partial charge is 0.315 e. The molecule has 0 aliphatic carbocycles. The SMILES string of the molecule is C=CCNC(=O)NCC#N. The van der Waals surface area contributed by atoms with E-state index < -0.39 is 0 Å². The van der Waals surface area contributed by atoms with Gasteiger partial charge in [-0.1, -0.05) is 6.08 Å². The van der Waals surface area contributed by atoms with Gasteiger partial charge in [-0.15, -0.1) is 6.58 Å². The highest BCUT2D eigenvalue weighted by molar-refractivity contribution is 5.74. The van der Waals surface area contributed by atoms with Crippen LogP contribution in [0.25, 0.3) is 0 Å². The molecule has 0 unspecified atom stereocenters. The average molecular weight is 139 g/mol. The lowest BCUT2D eigenvalue weighted by Gasteiger charge is -1.99. The fraction of sp³-hybridized carbons (Fsp3) is 0.333. The Morgan fingerprint density at radius 1 is 1.70 bits per heavy atom. The summed E-state index contributed by atoms with van der Waals surface area (Å²) in [6.07, 6.45) is 1.56. The molecule has 0 saturated heterocycles. The van der Waals surface area contributed by atoms with Gasteiger partial charge in [-0.2, -0.15) is 5.26 Å². The Kier molecular flexibility index (Phi) is 4.79. The van der Waals surface area contributed by atoms with Crippen molar-refractivity contribution in [3.8, 4) is 6.07 Å². The molecule has 0 bridgehead atoms. The summed E-state index contributed by atoms with van der Waals surface area (Å²) in [6.45, 7) is 3.85. The second-order valence-electron chi connectivity index (χ2n) is 1.51. The van der Waals surface area contributed by atoms with E-state index in [1.165, 1.54) is 0 Å². The van der Waals surface area contributed by atoms with Crippen LogP contribution in [0.2, 0.25) is 0 Å². The van der Waals surface area contributed by atoms with Crippen molar-refractivity contribution in [3.05, 3.63) is 12.7 Å². The van der Waals surface area contributed by atoms with Crippen LogP contribution >= 0.6 is 0 Å². The zero-order valence-corrected chi connectivity index (χ0v) is 5.55. The fourth-order valence-electron chi connectivity index (χ4n) is 0.347. The minimum atomic E-state index is -0.346. The van der Waals surface area contributed by atoms with Gasteiger partial charge in [0.2, 0.25) is 0 Å². The van der Waals surface area contributed by atoms with Crippen LogP contribution < -0.4 is 10.6 Å². The molecule has 2 amide bonds. The molecule has 0 spiro atoms. The van der Waals surface area contributed by atoms with E-state index in [1.807, 2.05) is 0 Å². The first-order valence-corrected chi connectivity index (χ1v) is 2.80. The molecule has 0 rings (SSSR count).